The van der Waals surface area contributed by atoms with Crippen molar-refractivity contribution in [2.45, 2.75) is 59.0 Å². The van der Waals surface area contributed by atoms with E-state index in [4.69, 9.17) is 16.6 Å². The smallest absolute Gasteiger partial charge is 0.261 e. The molecule has 1 saturated heterocycles. The first kappa shape index (κ1) is 22.9. The summed E-state index contributed by atoms with van der Waals surface area (Å²) in [5.41, 5.74) is 2.13. The molecule has 170 valence electrons. The molecule has 3 aromatic rings. The van der Waals surface area contributed by atoms with Gasteiger partial charge in [0.25, 0.3) is 5.56 Å². The summed E-state index contributed by atoms with van der Waals surface area (Å²) in [6.07, 6.45) is 2.28. The number of piperidine rings is 1. The molecule has 0 amide bonds. The van der Waals surface area contributed by atoms with Gasteiger partial charge in [0.15, 0.2) is 0 Å². The topological polar surface area (TPSA) is 38.1 Å². The summed E-state index contributed by atoms with van der Waals surface area (Å²) in [6, 6.07) is 10.8. The quantitative estimate of drug-likeness (QED) is 0.466. The molecule has 2 heterocycles. The highest BCUT2D eigenvalue weighted by Crippen LogP contribution is 2.27. The van der Waals surface area contributed by atoms with Crippen LogP contribution in [0.25, 0.3) is 22.0 Å². The molecule has 0 radical (unpaired) electrons. The Hall–Kier alpha value is -2.24. The first-order valence-corrected chi connectivity index (χ1v) is 11.9. The van der Waals surface area contributed by atoms with Crippen LogP contribution in [0.15, 0.2) is 41.2 Å². The van der Waals surface area contributed by atoms with Crippen molar-refractivity contribution in [2.75, 3.05) is 13.1 Å². The zero-order valence-electron chi connectivity index (χ0n) is 19.2. The van der Waals surface area contributed by atoms with E-state index >= 15 is 0 Å². The molecular weight excluding hydrogens is 425 g/mol. The van der Waals surface area contributed by atoms with Gasteiger partial charge in [0.2, 0.25) is 0 Å². The van der Waals surface area contributed by atoms with Gasteiger partial charge in [-0.15, -0.1) is 0 Å². The van der Waals surface area contributed by atoms with E-state index in [9.17, 15) is 9.18 Å². The van der Waals surface area contributed by atoms with Crippen LogP contribution >= 0.6 is 11.6 Å². The maximum atomic E-state index is 14.0. The Kier molecular flexibility index (Phi) is 6.68. The van der Waals surface area contributed by atoms with Gasteiger partial charge in [-0.1, -0.05) is 37.6 Å². The summed E-state index contributed by atoms with van der Waals surface area (Å²) in [5, 5.41) is 0.654. The lowest BCUT2D eigenvalue weighted by Crippen LogP contribution is -2.42. The maximum absolute atomic E-state index is 14.0. The van der Waals surface area contributed by atoms with Crippen molar-refractivity contribution in [3.05, 3.63) is 63.4 Å². The lowest BCUT2D eigenvalue weighted by molar-refractivity contribution is 0.129. The first-order valence-electron chi connectivity index (χ1n) is 11.5. The molecule has 4 rings (SSSR count). The highest BCUT2D eigenvalue weighted by molar-refractivity contribution is 6.30. The minimum absolute atomic E-state index is 0.0170. The fraction of sp³-hybridized carbons (Fsp3) is 0.462. The largest absolute Gasteiger partial charge is 0.301 e. The molecule has 1 fully saturated rings. The minimum Gasteiger partial charge on any atom is -0.301 e. The molecule has 4 nitrogen and oxygen atoms in total. The molecule has 0 bridgehead atoms. The molecule has 0 N–H and O–H groups in total. The summed E-state index contributed by atoms with van der Waals surface area (Å²) >= 11 is 5.84. The predicted molar refractivity (Wildman–Crippen MR) is 130 cm³/mol. The third-order valence-electron chi connectivity index (χ3n) is 6.47. The van der Waals surface area contributed by atoms with Crippen LogP contribution in [0.2, 0.25) is 5.02 Å². The van der Waals surface area contributed by atoms with E-state index < -0.39 is 5.82 Å². The molecule has 2 aromatic carbocycles. The number of benzene rings is 2. The summed E-state index contributed by atoms with van der Waals surface area (Å²) < 4.78 is 15.9. The Morgan fingerprint density at radius 1 is 1.12 bits per heavy atom. The van der Waals surface area contributed by atoms with Crippen LogP contribution in [0.1, 0.15) is 52.3 Å². The van der Waals surface area contributed by atoms with Crippen molar-refractivity contribution in [2.24, 2.45) is 5.92 Å². The number of fused-ring (bicyclic) bond motifs is 1. The SMILES string of the molecule is CC(C)c1nc2ccc(-c3ccc(Cl)c(F)c3)cc2c(=O)n1C[C@H]1CCCN(C(C)C)C1. The Balaban J connectivity index is 1.77. The molecule has 0 aliphatic carbocycles. The number of nitrogens with zero attached hydrogens (tertiary/aromatic N) is 3. The van der Waals surface area contributed by atoms with E-state index in [1.165, 1.54) is 6.07 Å². The first-order chi connectivity index (χ1) is 15.2. The number of rotatable bonds is 5. The van der Waals surface area contributed by atoms with Gasteiger partial charge < -0.3 is 4.90 Å². The van der Waals surface area contributed by atoms with Crippen molar-refractivity contribution in [3.63, 3.8) is 0 Å². The molecule has 1 aliphatic rings. The van der Waals surface area contributed by atoms with Gasteiger partial charge in [0, 0.05) is 25.0 Å². The van der Waals surface area contributed by atoms with Gasteiger partial charge in [0.1, 0.15) is 11.6 Å². The fourth-order valence-corrected chi connectivity index (χ4v) is 4.80. The van der Waals surface area contributed by atoms with Gasteiger partial charge >= 0.3 is 0 Å². The second-order valence-electron chi connectivity index (χ2n) is 9.50. The normalized spacial score (nSPS) is 17.6. The number of aromatic nitrogens is 2. The molecule has 0 saturated carbocycles. The van der Waals surface area contributed by atoms with E-state index in [-0.39, 0.29) is 16.5 Å². The van der Waals surface area contributed by atoms with Crippen LogP contribution in [-0.4, -0.2) is 33.6 Å². The van der Waals surface area contributed by atoms with Crippen LogP contribution in [0, 0.1) is 11.7 Å². The van der Waals surface area contributed by atoms with Gasteiger partial charge in [-0.05, 0) is 74.5 Å². The average molecular weight is 456 g/mol. The van der Waals surface area contributed by atoms with Crippen molar-refractivity contribution in [3.8, 4) is 11.1 Å². The molecule has 6 heteroatoms. The Morgan fingerprint density at radius 2 is 1.84 bits per heavy atom. The highest BCUT2D eigenvalue weighted by Gasteiger charge is 2.24. The van der Waals surface area contributed by atoms with Gasteiger partial charge in [-0.3, -0.25) is 9.36 Å². The van der Waals surface area contributed by atoms with Crippen molar-refractivity contribution < 1.29 is 4.39 Å². The van der Waals surface area contributed by atoms with Crippen LogP contribution in [0.3, 0.4) is 0 Å². The molecule has 32 heavy (non-hydrogen) atoms. The summed E-state index contributed by atoms with van der Waals surface area (Å²) in [4.78, 5) is 21.0. The van der Waals surface area contributed by atoms with Crippen LogP contribution < -0.4 is 5.56 Å². The monoisotopic (exact) mass is 455 g/mol. The molecule has 1 atom stereocenters. The second kappa shape index (κ2) is 9.32. The lowest BCUT2D eigenvalue weighted by atomic mass is 9.96. The molecule has 0 unspecified atom stereocenters. The summed E-state index contributed by atoms with van der Waals surface area (Å²) in [6.45, 7) is 11.4. The van der Waals surface area contributed by atoms with Crippen molar-refractivity contribution in [1.29, 1.82) is 0 Å². The lowest BCUT2D eigenvalue weighted by Gasteiger charge is -2.36. The van der Waals surface area contributed by atoms with Crippen molar-refractivity contribution >= 4 is 22.5 Å². The number of halogens is 2. The van der Waals surface area contributed by atoms with Crippen LogP contribution in [0.5, 0.6) is 0 Å². The van der Waals surface area contributed by atoms with Crippen LogP contribution in [-0.2, 0) is 6.54 Å². The van der Waals surface area contributed by atoms with E-state index in [2.05, 4.69) is 32.6 Å². The Morgan fingerprint density at radius 3 is 2.53 bits per heavy atom. The predicted octanol–water partition coefficient (Wildman–Crippen LogP) is 6.10. The molecule has 1 aliphatic heterocycles. The minimum atomic E-state index is -0.470. The third kappa shape index (κ3) is 4.60. The Bertz CT molecular complexity index is 1190. The van der Waals surface area contributed by atoms with E-state index in [0.717, 1.165) is 37.3 Å². The zero-order valence-corrected chi connectivity index (χ0v) is 20.0. The van der Waals surface area contributed by atoms with Crippen LogP contribution in [0.4, 0.5) is 4.39 Å². The third-order valence-corrected chi connectivity index (χ3v) is 6.78. The van der Waals surface area contributed by atoms with Crippen molar-refractivity contribution in [1.82, 2.24) is 14.5 Å². The Labute approximate surface area is 194 Å². The van der Waals surface area contributed by atoms with Gasteiger partial charge in [0.05, 0.1) is 15.9 Å². The fourth-order valence-electron chi connectivity index (χ4n) is 4.68. The molecular formula is C26H31ClFN3O. The van der Waals surface area contributed by atoms with Gasteiger partial charge in [-0.25, -0.2) is 9.37 Å². The van der Waals surface area contributed by atoms with E-state index in [0.29, 0.717) is 35.0 Å². The van der Waals surface area contributed by atoms with Gasteiger partial charge in [-0.2, -0.15) is 0 Å². The standard InChI is InChI=1S/C26H31ClFN3O/c1-16(2)25-29-24-10-8-19(20-7-9-22(27)23(28)13-20)12-21(24)26(32)31(25)15-18-6-5-11-30(14-18)17(3)4/h7-10,12-13,16-18H,5-6,11,14-15H2,1-4H3/t18-/m0/s1. The number of likely N-dealkylation sites (tertiary alicyclic amines) is 1. The van der Waals surface area contributed by atoms with E-state index in [1.54, 1.807) is 12.1 Å². The number of hydrogen-bond acceptors (Lipinski definition) is 3. The number of hydrogen-bond donors (Lipinski definition) is 0. The second-order valence-corrected chi connectivity index (χ2v) is 9.91. The summed E-state index contributed by atoms with van der Waals surface area (Å²) in [5.74, 6) is 0.924. The maximum Gasteiger partial charge on any atom is 0.261 e. The molecule has 1 aromatic heterocycles. The molecule has 0 spiro atoms. The van der Waals surface area contributed by atoms with E-state index in [1.807, 2.05) is 22.8 Å². The summed E-state index contributed by atoms with van der Waals surface area (Å²) in [7, 11) is 0. The average Bonchev–Trinajstić information content (AvgIpc) is 2.77. The zero-order chi connectivity index (χ0) is 23.0. The highest BCUT2D eigenvalue weighted by atomic mass is 35.5.